The number of carbonyl (C=O) groups is 1. The lowest BCUT2D eigenvalue weighted by atomic mass is 10.2. The van der Waals surface area contributed by atoms with Gasteiger partial charge in [-0.25, -0.2) is 4.98 Å². The highest BCUT2D eigenvalue weighted by Gasteiger charge is 2.19. The average Bonchev–Trinajstić information content (AvgIpc) is 2.90. The van der Waals surface area contributed by atoms with Gasteiger partial charge in [0.1, 0.15) is 0 Å². The lowest BCUT2D eigenvalue weighted by Crippen LogP contribution is -2.33. The van der Waals surface area contributed by atoms with Crippen molar-refractivity contribution < 1.29 is 4.79 Å². The number of aryl methyl sites for hydroxylation is 1. The van der Waals surface area contributed by atoms with Crippen molar-refractivity contribution in [3.63, 3.8) is 0 Å². The maximum atomic E-state index is 12.6. The summed E-state index contributed by atoms with van der Waals surface area (Å²) >= 11 is 0. The molecule has 2 aromatic heterocycles. The van der Waals surface area contributed by atoms with Crippen molar-refractivity contribution in [2.24, 2.45) is 7.05 Å². The summed E-state index contributed by atoms with van der Waals surface area (Å²) in [6.45, 7) is 3.36. The minimum atomic E-state index is -0.0448. The Morgan fingerprint density at radius 1 is 1.30 bits per heavy atom. The summed E-state index contributed by atoms with van der Waals surface area (Å²) in [5.74, 6) is 0.425. The van der Waals surface area contributed by atoms with E-state index in [1.165, 1.54) is 0 Å². The van der Waals surface area contributed by atoms with E-state index in [2.05, 4.69) is 16.9 Å². The zero-order valence-electron chi connectivity index (χ0n) is 12.0. The highest BCUT2D eigenvalue weighted by molar-refractivity contribution is 5.90. The molecule has 5 heteroatoms. The summed E-state index contributed by atoms with van der Waals surface area (Å²) in [4.78, 5) is 22.8. The molecular weight excluding hydrogens is 252 g/mol. The first-order valence-corrected chi connectivity index (χ1v) is 6.89. The number of carbonyl (C=O) groups excluding carboxylic acids is 1. The summed E-state index contributed by atoms with van der Waals surface area (Å²) < 4.78 is 1.75. The third kappa shape index (κ3) is 3.44. The number of imidazole rings is 1. The van der Waals surface area contributed by atoms with E-state index in [1.807, 2.05) is 30.1 Å². The normalized spacial score (nSPS) is 10.5. The van der Waals surface area contributed by atoms with E-state index in [1.54, 1.807) is 23.2 Å². The second-order valence-corrected chi connectivity index (χ2v) is 4.76. The molecule has 0 aliphatic rings. The lowest BCUT2D eigenvalue weighted by molar-refractivity contribution is 0.0722. The maximum Gasteiger partial charge on any atom is 0.290 e. The quantitative estimate of drug-likeness (QED) is 0.810. The standard InChI is InChI=1S/C15H20N4O/c1-3-4-10-19(12-13-7-5-6-8-16-13)15(20)14-17-9-11-18(14)2/h5-9,11H,3-4,10,12H2,1-2H3. The van der Waals surface area contributed by atoms with Gasteiger partial charge in [0.15, 0.2) is 5.82 Å². The second-order valence-electron chi connectivity index (χ2n) is 4.76. The number of unbranched alkanes of at least 4 members (excludes halogenated alkanes) is 1. The smallest absolute Gasteiger partial charge is 0.290 e. The van der Waals surface area contributed by atoms with Crippen molar-refractivity contribution >= 4 is 5.91 Å². The first-order chi connectivity index (χ1) is 9.72. The molecule has 106 valence electrons. The number of nitrogens with zero attached hydrogens (tertiary/aromatic N) is 4. The Morgan fingerprint density at radius 2 is 2.15 bits per heavy atom. The molecule has 2 rings (SSSR count). The summed E-state index contributed by atoms with van der Waals surface area (Å²) in [5, 5.41) is 0. The molecule has 0 N–H and O–H groups in total. The van der Waals surface area contributed by atoms with Crippen LogP contribution in [0.5, 0.6) is 0 Å². The molecule has 0 saturated carbocycles. The number of hydrogen-bond acceptors (Lipinski definition) is 3. The Hall–Kier alpha value is -2.17. The number of rotatable bonds is 6. The Kier molecular flexibility index (Phi) is 4.87. The molecule has 5 nitrogen and oxygen atoms in total. The number of aromatic nitrogens is 3. The van der Waals surface area contributed by atoms with E-state index in [9.17, 15) is 4.79 Å². The van der Waals surface area contributed by atoms with Gasteiger partial charge in [-0.2, -0.15) is 0 Å². The third-order valence-corrected chi connectivity index (χ3v) is 3.16. The summed E-state index contributed by atoms with van der Waals surface area (Å²) in [7, 11) is 1.83. The fourth-order valence-corrected chi connectivity index (χ4v) is 2.00. The molecule has 20 heavy (non-hydrogen) atoms. The average molecular weight is 272 g/mol. The molecule has 0 saturated heterocycles. The minimum absolute atomic E-state index is 0.0448. The predicted molar refractivity (Wildman–Crippen MR) is 77.1 cm³/mol. The SMILES string of the molecule is CCCCN(Cc1ccccn1)C(=O)c1nccn1C. The van der Waals surface area contributed by atoms with Crippen LogP contribution in [0.2, 0.25) is 0 Å². The van der Waals surface area contributed by atoms with Gasteiger partial charge in [0.05, 0.1) is 12.2 Å². The van der Waals surface area contributed by atoms with Gasteiger partial charge in [0, 0.05) is 32.2 Å². The van der Waals surface area contributed by atoms with Crippen LogP contribution in [-0.2, 0) is 13.6 Å². The summed E-state index contributed by atoms with van der Waals surface area (Å²) in [6, 6.07) is 5.75. The van der Waals surface area contributed by atoms with Gasteiger partial charge in [-0.3, -0.25) is 9.78 Å². The molecule has 0 radical (unpaired) electrons. The highest BCUT2D eigenvalue weighted by atomic mass is 16.2. The van der Waals surface area contributed by atoms with E-state index in [0.29, 0.717) is 12.4 Å². The van der Waals surface area contributed by atoms with E-state index in [4.69, 9.17) is 0 Å². The van der Waals surface area contributed by atoms with Gasteiger partial charge in [0.25, 0.3) is 5.91 Å². The van der Waals surface area contributed by atoms with E-state index in [0.717, 1.165) is 25.1 Å². The minimum Gasteiger partial charge on any atom is -0.330 e. The van der Waals surface area contributed by atoms with Crippen LogP contribution in [0.4, 0.5) is 0 Å². The predicted octanol–water partition coefficient (Wildman–Crippen LogP) is 2.26. The number of hydrogen-bond donors (Lipinski definition) is 0. The van der Waals surface area contributed by atoms with Crippen LogP contribution in [0.3, 0.4) is 0 Å². The van der Waals surface area contributed by atoms with Gasteiger partial charge in [0.2, 0.25) is 0 Å². The molecule has 0 aliphatic heterocycles. The van der Waals surface area contributed by atoms with Crippen LogP contribution in [0.25, 0.3) is 0 Å². The van der Waals surface area contributed by atoms with Crippen LogP contribution in [0.1, 0.15) is 36.1 Å². The van der Waals surface area contributed by atoms with Gasteiger partial charge in [-0.1, -0.05) is 19.4 Å². The fourth-order valence-electron chi connectivity index (χ4n) is 2.00. The fraction of sp³-hybridized carbons (Fsp3) is 0.400. The molecule has 2 heterocycles. The van der Waals surface area contributed by atoms with Gasteiger partial charge in [-0.15, -0.1) is 0 Å². The van der Waals surface area contributed by atoms with Crippen molar-refractivity contribution in [2.45, 2.75) is 26.3 Å². The van der Waals surface area contributed by atoms with Crippen LogP contribution in [0.15, 0.2) is 36.8 Å². The Morgan fingerprint density at radius 3 is 2.75 bits per heavy atom. The third-order valence-electron chi connectivity index (χ3n) is 3.16. The van der Waals surface area contributed by atoms with E-state index < -0.39 is 0 Å². The van der Waals surface area contributed by atoms with Gasteiger partial charge < -0.3 is 9.47 Å². The van der Waals surface area contributed by atoms with Crippen molar-refractivity contribution in [1.82, 2.24) is 19.4 Å². The lowest BCUT2D eigenvalue weighted by Gasteiger charge is -2.21. The van der Waals surface area contributed by atoms with E-state index >= 15 is 0 Å². The zero-order chi connectivity index (χ0) is 14.4. The van der Waals surface area contributed by atoms with Gasteiger partial charge in [-0.05, 0) is 18.6 Å². The molecule has 0 unspecified atom stereocenters. The topological polar surface area (TPSA) is 51.0 Å². The van der Waals surface area contributed by atoms with Crippen LogP contribution in [-0.4, -0.2) is 31.9 Å². The van der Waals surface area contributed by atoms with E-state index in [-0.39, 0.29) is 5.91 Å². The highest BCUT2D eigenvalue weighted by Crippen LogP contribution is 2.08. The summed E-state index contributed by atoms with van der Waals surface area (Å²) in [6.07, 6.45) is 7.20. The van der Waals surface area contributed by atoms with Crippen LogP contribution >= 0.6 is 0 Å². The Labute approximate surface area is 119 Å². The van der Waals surface area contributed by atoms with Gasteiger partial charge >= 0.3 is 0 Å². The largest absolute Gasteiger partial charge is 0.330 e. The summed E-state index contributed by atoms with van der Waals surface area (Å²) in [5.41, 5.74) is 0.895. The molecular formula is C15H20N4O. The Balaban J connectivity index is 2.15. The maximum absolute atomic E-state index is 12.6. The molecule has 1 amide bonds. The first-order valence-electron chi connectivity index (χ1n) is 6.89. The molecule has 0 atom stereocenters. The molecule has 0 bridgehead atoms. The molecule has 0 fully saturated rings. The van der Waals surface area contributed by atoms with Crippen LogP contribution in [0, 0.1) is 0 Å². The second kappa shape index (κ2) is 6.84. The van der Waals surface area contributed by atoms with Crippen molar-refractivity contribution in [3.05, 3.63) is 48.3 Å². The van der Waals surface area contributed by atoms with Crippen LogP contribution < -0.4 is 0 Å². The molecule has 0 aliphatic carbocycles. The first kappa shape index (κ1) is 14.2. The molecule has 0 aromatic carbocycles. The van der Waals surface area contributed by atoms with Crippen molar-refractivity contribution in [2.75, 3.05) is 6.54 Å². The molecule has 2 aromatic rings. The number of amides is 1. The Bertz CT molecular complexity index is 550. The zero-order valence-corrected chi connectivity index (χ0v) is 12.0. The molecule has 0 spiro atoms. The number of pyridine rings is 1. The van der Waals surface area contributed by atoms with Crippen molar-refractivity contribution in [3.8, 4) is 0 Å². The van der Waals surface area contributed by atoms with Crippen molar-refractivity contribution in [1.29, 1.82) is 0 Å². The monoisotopic (exact) mass is 272 g/mol.